The van der Waals surface area contributed by atoms with E-state index in [4.69, 9.17) is 11.6 Å². The highest BCUT2D eigenvalue weighted by Gasteiger charge is 2.33. The van der Waals surface area contributed by atoms with E-state index in [1.807, 2.05) is 27.7 Å². The predicted molar refractivity (Wildman–Crippen MR) is 161 cm³/mol. The third-order valence-electron chi connectivity index (χ3n) is 6.69. The van der Waals surface area contributed by atoms with Crippen LogP contribution in [0.1, 0.15) is 49.8 Å². The summed E-state index contributed by atoms with van der Waals surface area (Å²) in [6, 6.07) is 19.8. The zero-order valence-corrected chi connectivity index (χ0v) is 25.1. The fourth-order valence-electron chi connectivity index (χ4n) is 4.29. The molecule has 7 nitrogen and oxygen atoms in total. The van der Waals surface area contributed by atoms with Crippen LogP contribution in [-0.2, 0) is 26.2 Å². The van der Waals surface area contributed by atoms with Gasteiger partial charge in [0.15, 0.2) is 0 Å². The number of hydrogen-bond acceptors (Lipinski definition) is 4. The minimum absolute atomic E-state index is 0.0834. The lowest BCUT2D eigenvalue weighted by atomic mass is 10.1. The molecule has 40 heavy (non-hydrogen) atoms. The standard InChI is InChI=1S/C31H38ClN3O4S/c1-5-7-20-33-31(37)29(6-2)34(21-25-12-14-26(32)15-13-25)30(36)22-35(27-16-8-23(3)9-17-27)40(38,39)28-18-10-24(4)11-19-28/h8-19,29H,5-7,20-22H2,1-4H3,(H,33,37)/t29-/m0/s1. The maximum Gasteiger partial charge on any atom is 0.264 e. The van der Waals surface area contributed by atoms with Gasteiger partial charge in [0.2, 0.25) is 11.8 Å². The molecule has 2 amide bonds. The van der Waals surface area contributed by atoms with E-state index in [0.29, 0.717) is 23.7 Å². The van der Waals surface area contributed by atoms with Crippen molar-refractivity contribution in [3.05, 3.63) is 94.5 Å². The van der Waals surface area contributed by atoms with Crippen LogP contribution in [0.5, 0.6) is 0 Å². The van der Waals surface area contributed by atoms with Crippen LogP contribution >= 0.6 is 11.6 Å². The van der Waals surface area contributed by atoms with Gasteiger partial charge in [0.05, 0.1) is 10.6 Å². The Hall–Kier alpha value is -3.36. The number of anilines is 1. The third kappa shape index (κ3) is 8.08. The molecule has 3 rings (SSSR count). The number of carbonyl (C=O) groups excluding carboxylic acids is 2. The molecular weight excluding hydrogens is 546 g/mol. The number of unbranched alkanes of at least 4 members (excludes halogenated alkanes) is 1. The predicted octanol–water partition coefficient (Wildman–Crippen LogP) is 5.88. The van der Waals surface area contributed by atoms with Gasteiger partial charge in [0, 0.05) is 18.1 Å². The second-order valence-corrected chi connectivity index (χ2v) is 12.2. The van der Waals surface area contributed by atoms with E-state index >= 15 is 0 Å². The number of nitrogens with one attached hydrogen (secondary N) is 1. The van der Waals surface area contributed by atoms with Gasteiger partial charge < -0.3 is 10.2 Å². The summed E-state index contributed by atoms with van der Waals surface area (Å²) < 4.78 is 28.9. The Morgan fingerprint density at radius 2 is 1.45 bits per heavy atom. The van der Waals surface area contributed by atoms with E-state index in [-0.39, 0.29) is 17.3 Å². The molecule has 0 aliphatic rings. The first-order valence-corrected chi connectivity index (χ1v) is 15.4. The van der Waals surface area contributed by atoms with Crippen LogP contribution in [0.4, 0.5) is 5.69 Å². The maximum absolute atomic E-state index is 14.0. The van der Waals surface area contributed by atoms with E-state index < -0.39 is 28.5 Å². The lowest BCUT2D eigenvalue weighted by molar-refractivity contribution is -0.140. The molecule has 3 aromatic carbocycles. The van der Waals surface area contributed by atoms with Gasteiger partial charge in [-0.1, -0.05) is 79.4 Å². The summed E-state index contributed by atoms with van der Waals surface area (Å²) in [6.07, 6.45) is 2.11. The van der Waals surface area contributed by atoms with Crippen LogP contribution in [0.25, 0.3) is 0 Å². The van der Waals surface area contributed by atoms with Crippen molar-refractivity contribution in [2.24, 2.45) is 0 Å². The summed E-state index contributed by atoms with van der Waals surface area (Å²) >= 11 is 6.07. The molecule has 1 atom stereocenters. The van der Waals surface area contributed by atoms with Crippen LogP contribution in [0, 0.1) is 13.8 Å². The minimum Gasteiger partial charge on any atom is -0.354 e. The summed E-state index contributed by atoms with van der Waals surface area (Å²) in [7, 11) is -4.09. The molecular formula is C31H38ClN3O4S. The highest BCUT2D eigenvalue weighted by atomic mass is 35.5. The van der Waals surface area contributed by atoms with Crippen LogP contribution in [0.3, 0.4) is 0 Å². The first-order chi connectivity index (χ1) is 19.1. The average molecular weight is 584 g/mol. The molecule has 0 spiro atoms. The summed E-state index contributed by atoms with van der Waals surface area (Å²) in [5, 5.41) is 3.49. The first kappa shape index (κ1) is 31.2. The van der Waals surface area contributed by atoms with E-state index in [9.17, 15) is 18.0 Å². The van der Waals surface area contributed by atoms with Crippen molar-refractivity contribution in [3.8, 4) is 0 Å². The summed E-state index contributed by atoms with van der Waals surface area (Å²) in [4.78, 5) is 28.8. The molecule has 0 heterocycles. The number of carbonyl (C=O) groups is 2. The fraction of sp³-hybridized carbons (Fsp3) is 0.355. The molecule has 1 N–H and O–H groups in total. The number of nitrogens with zero attached hydrogens (tertiary/aromatic N) is 2. The molecule has 0 aromatic heterocycles. The second-order valence-electron chi connectivity index (χ2n) is 9.88. The van der Waals surface area contributed by atoms with Crippen molar-refractivity contribution in [3.63, 3.8) is 0 Å². The molecule has 0 aliphatic heterocycles. The van der Waals surface area contributed by atoms with Crippen LogP contribution < -0.4 is 9.62 Å². The Morgan fingerprint density at radius 3 is 2.00 bits per heavy atom. The molecule has 0 saturated heterocycles. The van der Waals surface area contributed by atoms with Gasteiger partial charge in [0.1, 0.15) is 12.6 Å². The zero-order chi connectivity index (χ0) is 29.3. The SMILES string of the molecule is CCCCNC(=O)[C@H](CC)N(Cc1ccc(Cl)cc1)C(=O)CN(c1ccc(C)cc1)S(=O)(=O)c1ccc(C)cc1. The van der Waals surface area contributed by atoms with Crippen LogP contribution in [-0.4, -0.2) is 44.3 Å². The summed E-state index contributed by atoms with van der Waals surface area (Å²) in [5.41, 5.74) is 3.03. The summed E-state index contributed by atoms with van der Waals surface area (Å²) in [6.45, 7) is 7.83. The molecule has 3 aromatic rings. The number of hydrogen-bond donors (Lipinski definition) is 1. The number of benzene rings is 3. The van der Waals surface area contributed by atoms with Gasteiger partial charge in [-0.15, -0.1) is 0 Å². The second kappa shape index (κ2) is 14.3. The van der Waals surface area contributed by atoms with Gasteiger partial charge in [-0.25, -0.2) is 8.42 Å². The van der Waals surface area contributed by atoms with E-state index in [1.165, 1.54) is 17.0 Å². The third-order valence-corrected chi connectivity index (χ3v) is 8.73. The molecule has 0 saturated carbocycles. The Bertz CT molecular complexity index is 1380. The van der Waals surface area contributed by atoms with Gasteiger partial charge in [-0.05, 0) is 68.7 Å². The van der Waals surface area contributed by atoms with Crippen molar-refractivity contribution < 1.29 is 18.0 Å². The molecule has 0 unspecified atom stereocenters. The quantitative estimate of drug-likeness (QED) is 0.255. The van der Waals surface area contributed by atoms with E-state index in [0.717, 1.165) is 33.8 Å². The number of halogens is 1. The Balaban J connectivity index is 2.02. The first-order valence-electron chi connectivity index (χ1n) is 13.5. The van der Waals surface area contributed by atoms with E-state index in [1.54, 1.807) is 60.7 Å². The van der Waals surface area contributed by atoms with Gasteiger partial charge in [-0.2, -0.15) is 0 Å². The highest BCUT2D eigenvalue weighted by molar-refractivity contribution is 7.92. The molecule has 0 fully saturated rings. The smallest absolute Gasteiger partial charge is 0.264 e. The molecule has 214 valence electrons. The van der Waals surface area contributed by atoms with Crippen LogP contribution in [0.15, 0.2) is 77.7 Å². The van der Waals surface area contributed by atoms with Crippen molar-refractivity contribution in [2.45, 2.75) is 64.4 Å². The number of sulfonamides is 1. The molecule has 9 heteroatoms. The monoisotopic (exact) mass is 583 g/mol. The maximum atomic E-state index is 14.0. The largest absolute Gasteiger partial charge is 0.354 e. The fourth-order valence-corrected chi connectivity index (χ4v) is 5.83. The highest BCUT2D eigenvalue weighted by Crippen LogP contribution is 2.25. The molecule has 0 bridgehead atoms. The van der Waals surface area contributed by atoms with Gasteiger partial charge in [0.25, 0.3) is 10.0 Å². The number of amides is 2. The average Bonchev–Trinajstić information content (AvgIpc) is 2.93. The molecule has 0 aliphatic carbocycles. The van der Waals surface area contributed by atoms with E-state index in [2.05, 4.69) is 5.32 Å². The van der Waals surface area contributed by atoms with Crippen molar-refractivity contribution in [1.29, 1.82) is 0 Å². The van der Waals surface area contributed by atoms with Gasteiger partial charge in [-0.3, -0.25) is 13.9 Å². The van der Waals surface area contributed by atoms with Gasteiger partial charge >= 0.3 is 0 Å². The lowest BCUT2D eigenvalue weighted by Gasteiger charge is -2.33. The zero-order valence-electron chi connectivity index (χ0n) is 23.6. The Labute approximate surface area is 243 Å². The van der Waals surface area contributed by atoms with Crippen molar-refractivity contribution in [1.82, 2.24) is 10.2 Å². The minimum atomic E-state index is -4.09. The topological polar surface area (TPSA) is 86.8 Å². The lowest BCUT2D eigenvalue weighted by Crippen LogP contribution is -2.52. The normalized spacial score (nSPS) is 12.0. The Morgan fingerprint density at radius 1 is 0.875 bits per heavy atom. The molecule has 0 radical (unpaired) electrons. The number of aryl methyl sites for hydroxylation is 2. The van der Waals surface area contributed by atoms with Crippen molar-refractivity contribution >= 4 is 39.1 Å². The Kier molecular flexibility index (Phi) is 11.2. The number of rotatable bonds is 13. The van der Waals surface area contributed by atoms with Crippen LogP contribution in [0.2, 0.25) is 5.02 Å². The summed E-state index contributed by atoms with van der Waals surface area (Å²) in [5.74, 6) is -0.745. The van der Waals surface area contributed by atoms with Crippen molar-refractivity contribution in [2.75, 3.05) is 17.4 Å².